The van der Waals surface area contributed by atoms with E-state index in [9.17, 15) is 4.79 Å². The number of hydrogen-bond acceptors (Lipinski definition) is 5. The van der Waals surface area contributed by atoms with E-state index in [1.807, 2.05) is 6.07 Å². The highest BCUT2D eigenvalue weighted by atomic mass is 16.5. The molecule has 0 spiro atoms. The summed E-state index contributed by atoms with van der Waals surface area (Å²) in [7, 11) is 4.70. The number of methoxy groups -OCH3 is 3. The molecule has 0 aliphatic rings. The number of nitrogens with zero attached hydrogens (tertiary/aromatic N) is 1. The highest BCUT2D eigenvalue weighted by Gasteiger charge is 2.08. The molecule has 0 atom stereocenters. The van der Waals surface area contributed by atoms with Gasteiger partial charge in [0.05, 0.1) is 27.0 Å². The number of hydrazone groups is 1. The molecular weight excluding hydrogens is 308 g/mol. The maximum Gasteiger partial charge on any atom is 0.271 e. The second-order valence-electron chi connectivity index (χ2n) is 4.94. The van der Waals surface area contributed by atoms with Gasteiger partial charge in [0.15, 0.2) is 11.5 Å². The van der Waals surface area contributed by atoms with Crippen LogP contribution in [0.5, 0.6) is 17.2 Å². The van der Waals surface area contributed by atoms with Gasteiger partial charge in [-0.15, -0.1) is 0 Å². The van der Waals surface area contributed by atoms with Gasteiger partial charge in [0.25, 0.3) is 5.91 Å². The average molecular weight is 328 g/mol. The SMILES string of the molecule is COc1cccc(C(=O)NN=C(C)c2ccc(OC)c(OC)c2)c1. The van der Waals surface area contributed by atoms with Crippen LogP contribution in [0.1, 0.15) is 22.8 Å². The van der Waals surface area contributed by atoms with E-state index in [-0.39, 0.29) is 5.91 Å². The maximum absolute atomic E-state index is 12.2. The van der Waals surface area contributed by atoms with E-state index in [0.717, 1.165) is 5.56 Å². The van der Waals surface area contributed by atoms with E-state index in [4.69, 9.17) is 14.2 Å². The van der Waals surface area contributed by atoms with Crippen LogP contribution in [0.2, 0.25) is 0 Å². The van der Waals surface area contributed by atoms with Gasteiger partial charge in [-0.1, -0.05) is 6.07 Å². The smallest absolute Gasteiger partial charge is 0.271 e. The van der Waals surface area contributed by atoms with Crippen molar-refractivity contribution in [1.82, 2.24) is 5.43 Å². The van der Waals surface area contributed by atoms with Gasteiger partial charge in [0.1, 0.15) is 5.75 Å². The minimum absolute atomic E-state index is 0.311. The first-order valence-electron chi connectivity index (χ1n) is 7.30. The third kappa shape index (κ3) is 4.04. The first kappa shape index (κ1) is 17.3. The normalized spacial score (nSPS) is 10.9. The zero-order chi connectivity index (χ0) is 17.5. The molecule has 0 aliphatic heterocycles. The van der Waals surface area contributed by atoms with E-state index in [2.05, 4.69) is 10.5 Å². The summed E-state index contributed by atoms with van der Waals surface area (Å²) in [6.07, 6.45) is 0. The molecule has 2 aromatic carbocycles. The molecule has 2 aromatic rings. The number of rotatable bonds is 6. The van der Waals surface area contributed by atoms with Crippen LogP contribution in [0.15, 0.2) is 47.6 Å². The van der Waals surface area contributed by atoms with Crippen molar-refractivity contribution in [3.05, 3.63) is 53.6 Å². The van der Waals surface area contributed by atoms with Crippen LogP contribution in [0, 0.1) is 0 Å². The summed E-state index contributed by atoms with van der Waals surface area (Å²) in [4.78, 5) is 12.2. The Morgan fingerprint density at radius 3 is 2.33 bits per heavy atom. The molecule has 0 heterocycles. The van der Waals surface area contributed by atoms with Crippen LogP contribution in [0.25, 0.3) is 0 Å². The summed E-state index contributed by atoms with van der Waals surface area (Å²) >= 11 is 0. The van der Waals surface area contributed by atoms with E-state index >= 15 is 0 Å². The Bertz CT molecular complexity index is 756. The highest BCUT2D eigenvalue weighted by Crippen LogP contribution is 2.27. The lowest BCUT2D eigenvalue weighted by atomic mass is 10.1. The fourth-order valence-electron chi connectivity index (χ4n) is 2.09. The van der Waals surface area contributed by atoms with Gasteiger partial charge in [-0.05, 0) is 43.3 Å². The first-order chi connectivity index (χ1) is 11.6. The fraction of sp³-hybridized carbons (Fsp3) is 0.222. The monoisotopic (exact) mass is 328 g/mol. The fourth-order valence-corrected chi connectivity index (χ4v) is 2.09. The Kier molecular flexibility index (Phi) is 5.78. The Labute approximate surface area is 141 Å². The third-order valence-corrected chi connectivity index (χ3v) is 3.46. The molecular formula is C18H20N2O4. The molecule has 0 saturated carbocycles. The third-order valence-electron chi connectivity index (χ3n) is 3.46. The molecule has 126 valence electrons. The molecule has 0 bridgehead atoms. The molecule has 24 heavy (non-hydrogen) atoms. The summed E-state index contributed by atoms with van der Waals surface area (Å²) in [6, 6.07) is 12.3. The van der Waals surface area contributed by atoms with E-state index in [0.29, 0.717) is 28.5 Å². The zero-order valence-corrected chi connectivity index (χ0v) is 14.1. The van der Waals surface area contributed by atoms with Crippen molar-refractivity contribution >= 4 is 11.6 Å². The van der Waals surface area contributed by atoms with Crippen LogP contribution in [0.3, 0.4) is 0 Å². The van der Waals surface area contributed by atoms with Crippen LogP contribution in [-0.2, 0) is 0 Å². The summed E-state index contributed by atoms with van der Waals surface area (Å²) in [5.41, 5.74) is 4.47. The molecule has 0 radical (unpaired) electrons. The lowest BCUT2D eigenvalue weighted by Crippen LogP contribution is -2.19. The lowest BCUT2D eigenvalue weighted by Gasteiger charge is -2.09. The van der Waals surface area contributed by atoms with Crippen LogP contribution in [-0.4, -0.2) is 32.9 Å². The van der Waals surface area contributed by atoms with Crippen molar-refractivity contribution in [2.45, 2.75) is 6.92 Å². The first-order valence-corrected chi connectivity index (χ1v) is 7.30. The standard InChI is InChI=1S/C18H20N2O4/c1-12(13-8-9-16(23-3)17(11-13)24-4)19-20-18(21)14-6-5-7-15(10-14)22-2/h5-11H,1-4H3,(H,20,21). The second-order valence-corrected chi connectivity index (χ2v) is 4.94. The van der Waals surface area contributed by atoms with Gasteiger partial charge in [-0.25, -0.2) is 5.43 Å². The lowest BCUT2D eigenvalue weighted by molar-refractivity contribution is 0.0954. The number of hydrogen-bond donors (Lipinski definition) is 1. The van der Waals surface area contributed by atoms with Crippen molar-refractivity contribution in [2.24, 2.45) is 5.10 Å². The molecule has 0 aliphatic carbocycles. The summed E-state index contributed by atoms with van der Waals surface area (Å²) < 4.78 is 15.6. The van der Waals surface area contributed by atoms with Gasteiger partial charge in [-0.3, -0.25) is 4.79 Å². The van der Waals surface area contributed by atoms with E-state index < -0.39 is 0 Å². The van der Waals surface area contributed by atoms with Crippen LogP contribution >= 0.6 is 0 Å². The molecule has 0 aromatic heterocycles. The number of amides is 1. The van der Waals surface area contributed by atoms with E-state index in [1.54, 1.807) is 64.7 Å². The molecule has 0 fully saturated rings. The Morgan fingerprint density at radius 1 is 0.917 bits per heavy atom. The average Bonchev–Trinajstić information content (AvgIpc) is 2.65. The molecule has 1 N–H and O–H groups in total. The van der Waals surface area contributed by atoms with Crippen LogP contribution < -0.4 is 19.6 Å². The minimum Gasteiger partial charge on any atom is -0.497 e. The number of carbonyl (C=O) groups excluding carboxylic acids is 1. The second kappa shape index (κ2) is 8.01. The number of ether oxygens (including phenoxy) is 3. The molecule has 1 amide bonds. The van der Waals surface area contributed by atoms with Gasteiger partial charge in [0, 0.05) is 11.1 Å². The minimum atomic E-state index is -0.311. The quantitative estimate of drug-likeness (QED) is 0.654. The molecule has 0 unspecified atom stereocenters. The van der Waals surface area contributed by atoms with Crippen molar-refractivity contribution in [2.75, 3.05) is 21.3 Å². The maximum atomic E-state index is 12.2. The van der Waals surface area contributed by atoms with Crippen molar-refractivity contribution in [1.29, 1.82) is 0 Å². The zero-order valence-electron chi connectivity index (χ0n) is 14.1. The van der Waals surface area contributed by atoms with Crippen molar-refractivity contribution in [3.63, 3.8) is 0 Å². The Balaban J connectivity index is 2.14. The summed E-state index contributed by atoms with van der Waals surface area (Å²) in [5, 5.41) is 4.14. The Morgan fingerprint density at radius 2 is 1.67 bits per heavy atom. The van der Waals surface area contributed by atoms with Gasteiger partial charge in [-0.2, -0.15) is 5.10 Å². The van der Waals surface area contributed by atoms with Gasteiger partial charge < -0.3 is 14.2 Å². The number of nitrogens with one attached hydrogen (secondary N) is 1. The van der Waals surface area contributed by atoms with E-state index in [1.165, 1.54) is 0 Å². The number of carbonyl (C=O) groups is 1. The highest BCUT2D eigenvalue weighted by molar-refractivity contribution is 6.01. The number of benzene rings is 2. The van der Waals surface area contributed by atoms with Gasteiger partial charge in [0.2, 0.25) is 0 Å². The Hall–Kier alpha value is -3.02. The summed E-state index contributed by atoms with van der Waals surface area (Å²) in [5.74, 6) is 1.54. The molecule has 6 nitrogen and oxygen atoms in total. The van der Waals surface area contributed by atoms with Gasteiger partial charge >= 0.3 is 0 Å². The molecule has 2 rings (SSSR count). The van der Waals surface area contributed by atoms with Crippen LogP contribution in [0.4, 0.5) is 0 Å². The largest absolute Gasteiger partial charge is 0.497 e. The summed E-state index contributed by atoms with van der Waals surface area (Å²) in [6.45, 7) is 1.80. The van der Waals surface area contributed by atoms with Crippen molar-refractivity contribution < 1.29 is 19.0 Å². The van der Waals surface area contributed by atoms with Crippen molar-refractivity contribution in [3.8, 4) is 17.2 Å². The predicted octanol–water partition coefficient (Wildman–Crippen LogP) is 2.87. The molecule has 6 heteroatoms. The topological polar surface area (TPSA) is 69.2 Å². The predicted molar refractivity (Wildman–Crippen MR) is 92.2 cm³/mol. The molecule has 0 saturated heterocycles.